The third kappa shape index (κ3) is 5.49. The summed E-state index contributed by atoms with van der Waals surface area (Å²) in [4.78, 5) is 23.2. The van der Waals surface area contributed by atoms with E-state index >= 15 is 0 Å². The van der Waals surface area contributed by atoms with Gasteiger partial charge in [0.2, 0.25) is 5.91 Å². The van der Waals surface area contributed by atoms with Crippen LogP contribution in [0, 0.1) is 0 Å². The molecule has 0 spiro atoms. The van der Waals surface area contributed by atoms with Crippen molar-refractivity contribution in [3.05, 3.63) is 22.4 Å². The first kappa shape index (κ1) is 13.7. The normalized spacial score (nSPS) is 9.94. The van der Waals surface area contributed by atoms with Crippen molar-refractivity contribution in [1.29, 1.82) is 0 Å². The van der Waals surface area contributed by atoms with Gasteiger partial charge in [0, 0.05) is 20.0 Å². The molecule has 4 nitrogen and oxygen atoms in total. The van der Waals surface area contributed by atoms with Gasteiger partial charge >= 0.3 is 0 Å². The molecule has 0 saturated heterocycles. The highest BCUT2D eigenvalue weighted by Gasteiger charge is 2.04. The Balaban J connectivity index is 2.01. The summed E-state index contributed by atoms with van der Waals surface area (Å²) in [5.74, 6) is 0.0684. The molecule has 0 atom stereocenters. The quantitative estimate of drug-likeness (QED) is 0.729. The van der Waals surface area contributed by atoms with Crippen LogP contribution in [0.25, 0.3) is 0 Å². The molecule has 5 heteroatoms. The van der Waals surface area contributed by atoms with Crippen LogP contribution in [0.3, 0.4) is 0 Å². The second-order valence-electron chi connectivity index (χ2n) is 3.72. The fourth-order valence-electron chi connectivity index (χ4n) is 1.41. The van der Waals surface area contributed by atoms with Crippen molar-refractivity contribution < 1.29 is 9.59 Å². The van der Waals surface area contributed by atoms with Crippen molar-refractivity contribution in [3.8, 4) is 0 Å². The van der Waals surface area contributed by atoms with E-state index in [0.717, 1.165) is 24.1 Å². The van der Waals surface area contributed by atoms with E-state index in [0.29, 0.717) is 13.0 Å². The summed E-state index contributed by atoms with van der Waals surface area (Å²) in [7, 11) is 1.64. The van der Waals surface area contributed by atoms with E-state index in [-0.39, 0.29) is 11.8 Å². The largest absolute Gasteiger partial charge is 0.359 e. The van der Waals surface area contributed by atoms with Gasteiger partial charge in [-0.05, 0) is 24.3 Å². The lowest BCUT2D eigenvalue weighted by molar-refractivity contribution is -0.120. The fraction of sp³-hybridized carbons (Fsp3) is 0.500. The van der Waals surface area contributed by atoms with Gasteiger partial charge in [0.05, 0.1) is 4.88 Å². The first-order chi connectivity index (χ1) is 8.24. The second kappa shape index (κ2) is 7.84. The molecule has 0 bridgehead atoms. The zero-order valence-electron chi connectivity index (χ0n) is 9.99. The van der Waals surface area contributed by atoms with Crippen LogP contribution in [0.4, 0.5) is 0 Å². The highest BCUT2D eigenvalue weighted by molar-refractivity contribution is 7.12. The topological polar surface area (TPSA) is 58.2 Å². The Kier molecular flexibility index (Phi) is 6.32. The average molecular weight is 254 g/mol. The lowest BCUT2D eigenvalue weighted by atomic mass is 10.2. The van der Waals surface area contributed by atoms with Crippen molar-refractivity contribution in [2.24, 2.45) is 0 Å². The zero-order valence-corrected chi connectivity index (χ0v) is 10.8. The zero-order chi connectivity index (χ0) is 12.5. The molecular weight excluding hydrogens is 236 g/mol. The molecule has 1 rings (SSSR count). The minimum absolute atomic E-state index is 0.00805. The summed E-state index contributed by atoms with van der Waals surface area (Å²) >= 11 is 1.44. The standard InChI is InChI=1S/C12H18N2O2S/c1-13-11(15)7-3-2-4-8-14-12(16)10-6-5-9-17-10/h5-6,9H,2-4,7-8H2,1H3,(H,13,15)(H,14,16). The number of hydrogen-bond acceptors (Lipinski definition) is 3. The molecule has 1 heterocycles. The van der Waals surface area contributed by atoms with Gasteiger partial charge in [-0.15, -0.1) is 11.3 Å². The maximum Gasteiger partial charge on any atom is 0.261 e. The fourth-order valence-corrected chi connectivity index (χ4v) is 2.05. The first-order valence-electron chi connectivity index (χ1n) is 5.76. The number of nitrogens with one attached hydrogen (secondary N) is 2. The Labute approximate surface area is 105 Å². The van der Waals surface area contributed by atoms with Gasteiger partial charge in [0.15, 0.2) is 0 Å². The molecule has 17 heavy (non-hydrogen) atoms. The van der Waals surface area contributed by atoms with E-state index in [2.05, 4.69) is 10.6 Å². The van der Waals surface area contributed by atoms with Crippen LogP contribution in [0.2, 0.25) is 0 Å². The van der Waals surface area contributed by atoms with Gasteiger partial charge in [-0.3, -0.25) is 9.59 Å². The number of rotatable bonds is 7. The monoisotopic (exact) mass is 254 g/mol. The van der Waals surface area contributed by atoms with Crippen molar-refractivity contribution in [1.82, 2.24) is 10.6 Å². The van der Waals surface area contributed by atoms with Gasteiger partial charge in [-0.2, -0.15) is 0 Å². The third-order valence-electron chi connectivity index (χ3n) is 2.39. The number of hydrogen-bond donors (Lipinski definition) is 2. The van der Waals surface area contributed by atoms with Crippen molar-refractivity contribution >= 4 is 23.2 Å². The number of carbonyl (C=O) groups excluding carboxylic acids is 2. The van der Waals surface area contributed by atoms with E-state index in [9.17, 15) is 9.59 Å². The molecule has 1 aromatic rings. The molecule has 0 aromatic carbocycles. The van der Waals surface area contributed by atoms with E-state index in [1.54, 1.807) is 7.05 Å². The molecule has 0 unspecified atom stereocenters. The Morgan fingerprint density at radius 3 is 2.76 bits per heavy atom. The van der Waals surface area contributed by atoms with Crippen molar-refractivity contribution in [2.45, 2.75) is 25.7 Å². The van der Waals surface area contributed by atoms with Crippen LogP contribution in [-0.4, -0.2) is 25.4 Å². The maximum absolute atomic E-state index is 11.5. The summed E-state index contributed by atoms with van der Waals surface area (Å²) in [6, 6.07) is 3.68. The third-order valence-corrected chi connectivity index (χ3v) is 3.26. The summed E-state index contributed by atoms with van der Waals surface area (Å²) in [5.41, 5.74) is 0. The lowest BCUT2D eigenvalue weighted by Gasteiger charge is -2.03. The summed E-state index contributed by atoms with van der Waals surface area (Å²) < 4.78 is 0. The van der Waals surface area contributed by atoms with Gasteiger partial charge in [-0.25, -0.2) is 0 Å². The molecule has 2 amide bonds. The summed E-state index contributed by atoms with van der Waals surface area (Å²) in [6.07, 6.45) is 3.30. The molecule has 0 aliphatic heterocycles. The van der Waals surface area contributed by atoms with Gasteiger partial charge in [0.25, 0.3) is 5.91 Å². The highest BCUT2D eigenvalue weighted by Crippen LogP contribution is 2.07. The number of amides is 2. The Morgan fingerprint density at radius 1 is 1.29 bits per heavy atom. The minimum Gasteiger partial charge on any atom is -0.359 e. The van der Waals surface area contributed by atoms with E-state index < -0.39 is 0 Å². The molecule has 0 fully saturated rings. The van der Waals surface area contributed by atoms with Crippen LogP contribution in [-0.2, 0) is 4.79 Å². The van der Waals surface area contributed by atoms with Crippen molar-refractivity contribution in [2.75, 3.05) is 13.6 Å². The molecule has 1 aromatic heterocycles. The maximum atomic E-state index is 11.5. The van der Waals surface area contributed by atoms with Gasteiger partial charge in [0.1, 0.15) is 0 Å². The van der Waals surface area contributed by atoms with E-state index in [1.165, 1.54) is 11.3 Å². The Morgan fingerprint density at radius 2 is 2.12 bits per heavy atom. The van der Waals surface area contributed by atoms with Crippen LogP contribution in [0.5, 0.6) is 0 Å². The number of unbranched alkanes of at least 4 members (excludes halogenated alkanes) is 2. The lowest BCUT2D eigenvalue weighted by Crippen LogP contribution is -2.23. The van der Waals surface area contributed by atoms with Gasteiger partial charge in [-0.1, -0.05) is 12.5 Å². The molecule has 2 N–H and O–H groups in total. The second-order valence-corrected chi connectivity index (χ2v) is 4.66. The van der Waals surface area contributed by atoms with Crippen LogP contribution in [0.15, 0.2) is 17.5 Å². The molecule has 0 aliphatic rings. The highest BCUT2D eigenvalue weighted by atomic mass is 32.1. The first-order valence-corrected chi connectivity index (χ1v) is 6.64. The van der Waals surface area contributed by atoms with E-state index in [4.69, 9.17) is 0 Å². The molecule has 0 aliphatic carbocycles. The van der Waals surface area contributed by atoms with Crippen molar-refractivity contribution in [3.63, 3.8) is 0 Å². The smallest absolute Gasteiger partial charge is 0.261 e. The van der Waals surface area contributed by atoms with Crippen LogP contribution < -0.4 is 10.6 Å². The molecule has 0 radical (unpaired) electrons. The Bertz CT molecular complexity index is 349. The van der Waals surface area contributed by atoms with Gasteiger partial charge < -0.3 is 10.6 Å². The Hall–Kier alpha value is -1.36. The predicted molar refractivity (Wildman–Crippen MR) is 69.2 cm³/mol. The number of carbonyl (C=O) groups is 2. The minimum atomic E-state index is -0.00805. The average Bonchev–Trinajstić information content (AvgIpc) is 2.86. The van der Waals surface area contributed by atoms with E-state index in [1.807, 2.05) is 17.5 Å². The summed E-state index contributed by atoms with van der Waals surface area (Å²) in [6.45, 7) is 0.671. The van der Waals surface area contributed by atoms with Crippen LogP contribution >= 0.6 is 11.3 Å². The summed E-state index contributed by atoms with van der Waals surface area (Å²) in [5, 5.41) is 7.33. The number of thiophene rings is 1. The SMILES string of the molecule is CNC(=O)CCCCCNC(=O)c1cccs1. The molecular formula is C12H18N2O2S. The molecule has 94 valence electrons. The van der Waals surface area contributed by atoms with Crippen LogP contribution in [0.1, 0.15) is 35.4 Å². The molecule has 0 saturated carbocycles. The predicted octanol–water partition coefficient (Wildman–Crippen LogP) is 1.78.